The molecular weight excluding hydrogens is 1730 g/mol. The second kappa shape index (κ2) is 49.2. The van der Waals surface area contributed by atoms with Crippen molar-refractivity contribution in [2.75, 3.05) is 41.0 Å². The van der Waals surface area contributed by atoms with Gasteiger partial charge in [0.15, 0.2) is 10.3 Å². The predicted molar refractivity (Wildman–Crippen MR) is 518 cm³/mol. The van der Waals surface area contributed by atoms with Crippen LogP contribution in [0.2, 0.25) is 10.3 Å². The second-order valence-electron chi connectivity index (χ2n) is 39.0. The third-order valence-electron chi connectivity index (χ3n) is 24.2. The second-order valence-corrected chi connectivity index (χ2v) is 39.7. The van der Waals surface area contributed by atoms with E-state index in [-0.39, 0.29) is 137 Å². The first kappa shape index (κ1) is 112. The Morgan fingerprint density at radius 2 is 0.817 bits per heavy atom. The van der Waals surface area contributed by atoms with Crippen molar-refractivity contribution in [1.82, 2.24) is 45.0 Å². The zero-order chi connectivity index (χ0) is 93.4. The lowest BCUT2D eigenvalue weighted by Gasteiger charge is -2.36. The Balaban J connectivity index is 0.000000355. The number of hydrogen-bond donors (Lipinski definition) is 1. The number of carbonyl (C=O) groups excluding carboxylic acids is 7. The number of likely N-dealkylation sites (tertiary alicyclic amines) is 2. The maximum Gasteiger partial charge on any atom is 0.329 e. The molecule has 3 aromatic carbocycles. The normalized spacial score (nSPS) is 22.2. The van der Waals surface area contributed by atoms with Gasteiger partial charge in [-0.1, -0.05) is 127 Å². The first-order valence-electron chi connectivity index (χ1n) is 45.0. The van der Waals surface area contributed by atoms with Gasteiger partial charge < -0.3 is 67.2 Å². The maximum atomic E-state index is 14.7. The summed E-state index contributed by atoms with van der Waals surface area (Å²) in [5, 5.41) is 3.47. The number of amides is 2. The highest BCUT2D eigenvalue weighted by molar-refractivity contribution is 6.31. The molecule has 30 heteroatoms. The van der Waals surface area contributed by atoms with Crippen molar-refractivity contribution in [2.45, 2.75) is 322 Å². The van der Waals surface area contributed by atoms with Crippen molar-refractivity contribution in [3.63, 3.8) is 0 Å². The van der Waals surface area contributed by atoms with Crippen molar-refractivity contribution in [1.29, 1.82) is 0 Å². The Kier molecular flexibility index (Phi) is 42.2. The van der Waals surface area contributed by atoms with E-state index in [1.165, 1.54) is 4.90 Å². The Labute approximate surface area is 794 Å². The summed E-state index contributed by atoms with van der Waals surface area (Å²) >= 11 is 12.8. The molecular formula is C101H150Cl3N9O18. The zero-order valence-electron chi connectivity index (χ0n) is 78.9. The highest BCUT2D eigenvalue weighted by Gasteiger charge is 2.55. The summed E-state index contributed by atoms with van der Waals surface area (Å²) in [6.07, 6.45) is 16.8. The third-order valence-corrected chi connectivity index (χ3v) is 24.7. The molecule has 1 N–H and O–H groups in total. The van der Waals surface area contributed by atoms with Crippen molar-refractivity contribution in [2.24, 2.45) is 52.3 Å². The summed E-state index contributed by atoms with van der Waals surface area (Å²) < 4.78 is 64.5. The van der Waals surface area contributed by atoms with Crippen LogP contribution in [0.25, 0.3) is 39.2 Å². The number of hydrogen-bond acceptors (Lipinski definition) is 25. The number of nitrogens with zero attached hydrogens (tertiary/aromatic N) is 8. The fourth-order valence-corrected chi connectivity index (χ4v) is 18.1. The van der Waals surface area contributed by atoms with E-state index in [0.29, 0.717) is 87.3 Å². The minimum absolute atomic E-state index is 0. The number of ether oxygens (including phenoxy) is 11. The van der Waals surface area contributed by atoms with Gasteiger partial charge in [0.1, 0.15) is 88.4 Å². The van der Waals surface area contributed by atoms with Crippen LogP contribution in [0.1, 0.15) is 262 Å². The van der Waals surface area contributed by atoms with Gasteiger partial charge in [0.2, 0.25) is 17.7 Å². The van der Waals surface area contributed by atoms with Crippen LogP contribution in [0.5, 0.6) is 34.9 Å². The quantitative estimate of drug-likeness (QED) is 0.0177. The van der Waals surface area contributed by atoms with Crippen molar-refractivity contribution in [3.05, 3.63) is 102 Å². The van der Waals surface area contributed by atoms with Crippen LogP contribution < -0.4 is 33.7 Å². The number of fused-ring (bicyclic) bond motifs is 3. The van der Waals surface area contributed by atoms with Gasteiger partial charge in [-0.25, -0.2) is 39.5 Å². The third kappa shape index (κ3) is 30.2. The van der Waals surface area contributed by atoms with Crippen molar-refractivity contribution < 1.29 is 85.7 Å². The van der Waals surface area contributed by atoms with Gasteiger partial charge in [-0.05, 0) is 224 Å². The number of rotatable bonds is 32. The van der Waals surface area contributed by atoms with Gasteiger partial charge in [0.25, 0.3) is 11.8 Å². The van der Waals surface area contributed by atoms with Crippen LogP contribution in [0.3, 0.4) is 0 Å². The molecule has 27 nitrogen and oxygen atoms in total. The van der Waals surface area contributed by atoms with Crippen LogP contribution in [0, 0.1) is 52.3 Å². The molecule has 0 unspecified atom stereocenters. The van der Waals surface area contributed by atoms with Gasteiger partial charge in [-0.15, -0.1) is 25.6 Å². The Morgan fingerprint density at radius 1 is 0.466 bits per heavy atom. The molecule has 3 aromatic heterocycles. The summed E-state index contributed by atoms with van der Waals surface area (Å²) in [7, 11) is 4.74. The first-order chi connectivity index (χ1) is 59.9. The molecule has 2 amide bonds. The lowest BCUT2D eigenvalue weighted by Crippen LogP contribution is -2.50. The Morgan fingerprint density at radius 3 is 1.16 bits per heavy atom. The summed E-state index contributed by atoms with van der Waals surface area (Å²) in [6, 6.07) is 13.7. The standard InChI is InChI=1S/C40H57N3O7.C38H54ClN3O7.C20H26ClN3O4.3CH4.ClH/c1-11-14-15-17-25-18-16-19-32(25)48-34(44)23-28(39(4,5)6)37(45)43-24-33(27(12-2)35(43)38(46)50-40(7,8)9)49-36-29(13-3)41-30-21-20-26(47-10)22-31(30)42-36;1-10-12-13-15-23-16-14-17-29(23)47-31(43)21-26(37(3,4)5)35(44)42-22-30(25(11-2)32(42)36(45)49-38(6,7)8)48-34-33(39)40-27-19-18-24(46-9)20-28(27)41-34;1-6-12-15(10-22-16(12)19(25)28-20(2,3)4)27-18-17(21)23-13-8-7-11(26-5)9-14(13)24-18;;;;/h11,13,20-22,25,27-28,32-33,35H,1,3,12,14-19,23-24H2,2,4-10H3;10,18-20,23,25-26,29-30,32H,1,11-17,21-22H2,2-9H3;7-9,12,15-16,22H,6,10H2,1-5H3;3*1H4;1H/t25-,27-,28-,32-,33+,35+;23-,25-,26-,29-,30+,32+;12-,15+,16+;;;;/m111..../s1. The summed E-state index contributed by atoms with van der Waals surface area (Å²) in [5.41, 5.74) is 0.725. The minimum atomic E-state index is -0.945. The predicted octanol–water partition coefficient (Wildman–Crippen LogP) is 21.2. The highest BCUT2D eigenvalue weighted by Crippen LogP contribution is 2.44. The number of halogens is 3. The van der Waals surface area contributed by atoms with Crippen LogP contribution in [0.4, 0.5) is 0 Å². The molecule has 728 valence electrons. The molecule has 0 radical (unpaired) electrons. The minimum Gasteiger partial charge on any atom is -0.497 e. The lowest BCUT2D eigenvalue weighted by molar-refractivity contribution is -0.168. The molecule has 15 atom stereocenters. The van der Waals surface area contributed by atoms with E-state index >= 15 is 0 Å². The van der Waals surface area contributed by atoms with E-state index in [1.54, 1.807) is 122 Å². The molecule has 6 heterocycles. The van der Waals surface area contributed by atoms with Gasteiger partial charge in [-0.3, -0.25) is 24.0 Å². The monoisotopic (exact) mass is 1880 g/mol. The summed E-state index contributed by atoms with van der Waals surface area (Å²) in [5.74, 6) is -2.00. The Bertz CT molecular complexity index is 4850. The molecule has 2 aliphatic carbocycles. The van der Waals surface area contributed by atoms with Crippen LogP contribution in [0.15, 0.2) is 86.5 Å². The fraction of sp³-hybridized carbons (Fsp3) is 0.634. The molecule has 5 aliphatic rings. The van der Waals surface area contributed by atoms with E-state index in [9.17, 15) is 33.6 Å². The number of aromatic nitrogens is 6. The molecule has 6 aromatic rings. The van der Waals surface area contributed by atoms with Crippen molar-refractivity contribution in [3.8, 4) is 34.9 Å². The largest absolute Gasteiger partial charge is 0.497 e. The SMILES string of the molecule is C.C.C.C=CCCC[C@@H]1CCC[C@H]1OC(=O)C[C@H](C(=O)N1C[C@H](Oc2nc3cc(OC)ccc3nc2C=C)[C@@H](CC)[C@H]1C(=O)OC(C)(C)C)C(C)(C)C.C=CCCC[C@@H]1CCC[C@H]1OC(=O)C[C@H](C(=O)N1C[C@H](Oc2nc3cc(OC)ccc3nc2Cl)[C@@H](CC)[C@H]1C(=O)OC(C)(C)C)C(C)(C)C.CC[C@@H]1[C@@H](Oc2nc3cc(OC)ccc3nc2Cl)CN[C@@H]1C(=O)OC(C)(C)C.Cl. The number of methoxy groups -OCH3 is 3. The molecule has 0 spiro atoms. The highest BCUT2D eigenvalue weighted by atomic mass is 35.5. The average molecular weight is 1880 g/mol. The number of esters is 5. The summed E-state index contributed by atoms with van der Waals surface area (Å²) in [6.45, 7) is 46.1. The Hall–Kier alpha value is -9.18. The molecule has 3 saturated heterocycles. The summed E-state index contributed by atoms with van der Waals surface area (Å²) in [4.78, 5) is 127. The molecule has 11 rings (SSSR count). The molecule has 3 aliphatic heterocycles. The van der Waals surface area contributed by atoms with Gasteiger partial charge >= 0.3 is 29.8 Å². The smallest absolute Gasteiger partial charge is 0.329 e. The number of allylic oxidation sites excluding steroid dienone is 2. The van der Waals surface area contributed by atoms with E-state index in [1.807, 2.05) is 101 Å². The number of nitrogens with one attached hydrogen (secondary N) is 1. The molecule has 131 heavy (non-hydrogen) atoms. The van der Waals surface area contributed by atoms with E-state index < -0.39 is 99.5 Å². The zero-order valence-corrected chi connectivity index (χ0v) is 81.3. The van der Waals surface area contributed by atoms with Crippen LogP contribution in [-0.2, 0) is 57.2 Å². The number of unbranched alkanes of at least 4 members (excludes halogenated alkanes) is 2. The van der Waals surface area contributed by atoms with E-state index in [0.717, 1.165) is 83.5 Å². The number of carbonyl (C=O) groups is 7. The van der Waals surface area contributed by atoms with Gasteiger partial charge in [0.05, 0.1) is 92.2 Å². The number of benzene rings is 3. The lowest BCUT2D eigenvalue weighted by atomic mass is 9.77. The van der Waals surface area contributed by atoms with Crippen LogP contribution >= 0.6 is 35.6 Å². The van der Waals surface area contributed by atoms with Gasteiger partial charge in [-0.2, -0.15) is 0 Å². The molecule has 2 saturated carbocycles. The first-order valence-corrected chi connectivity index (χ1v) is 45.8. The molecule has 0 bridgehead atoms. The van der Waals surface area contributed by atoms with Crippen molar-refractivity contribution >= 4 is 116 Å². The van der Waals surface area contributed by atoms with Crippen LogP contribution in [-0.4, -0.2) is 188 Å². The molecule has 5 fully saturated rings. The average Bonchev–Trinajstić information content (AvgIpc) is 1.62. The van der Waals surface area contributed by atoms with Gasteiger partial charge in [0, 0.05) is 42.5 Å². The van der Waals surface area contributed by atoms with E-state index in [2.05, 4.69) is 45.0 Å². The fourth-order valence-electron chi connectivity index (χ4n) is 17.7. The topological polar surface area (TPSA) is 317 Å². The van der Waals surface area contributed by atoms with E-state index in [4.69, 9.17) is 85.3 Å². The maximum absolute atomic E-state index is 14.7.